The predicted molar refractivity (Wildman–Crippen MR) is 96.1 cm³/mol. The lowest BCUT2D eigenvalue weighted by atomic mass is 9.97. The Labute approximate surface area is 169 Å². The molecule has 3 aromatic rings. The molecule has 0 amide bonds. The monoisotopic (exact) mass is 496 g/mol. The molecule has 0 aliphatic rings. The van der Waals surface area contributed by atoms with Crippen molar-refractivity contribution >= 4 is 26.0 Å². The van der Waals surface area contributed by atoms with Gasteiger partial charge in [0, 0.05) is 15.6 Å². The number of nitrogens with zero attached hydrogens (tertiary/aromatic N) is 1. The van der Waals surface area contributed by atoms with E-state index in [0.29, 0.717) is 16.1 Å². The molecular weight excluding hydrogens is 487 g/mol. The number of rotatable bonds is 3. The van der Waals surface area contributed by atoms with Crippen molar-refractivity contribution in [3.8, 4) is 22.4 Å². The number of sulfonamides is 1. The minimum absolute atomic E-state index is 0.148. The van der Waals surface area contributed by atoms with Crippen molar-refractivity contribution in [2.45, 2.75) is 18.0 Å². The molecule has 2 aromatic carbocycles. The molecule has 0 fully saturated rings. The molecule has 0 bridgehead atoms. The molecule has 0 aliphatic carbocycles. The second-order valence-corrected chi connectivity index (χ2v) is 8.39. The summed E-state index contributed by atoms with van der Waals surface area (Å²) in [5.41, 5.74) is -1.35. The summed E-state index contributed by atoms with van der Waals surface area (Å²) in [6.45, 7) is 1.67. The number of hydrogen-bond acceptors (Lipinski definition) is 4. The van der Waals surface area contributed by atoms with Crippen LogP contribution in [0.25, 0.3) is 22.4 Å². The quantitative estimate of drug-likeness (QED) is 0.515. The number of alkyl halides is 3. The van der Waals surface area contributed by atoms with Crippen LogP contribution in [0.4, 0.5) is 22.0 Å². The summed E-state index contributed by atoms with van der Waals surface area (Å²) < 4.78 is 96.9. The maximum atomic E-state index is 14.6. The number of nitrogens with two attached hydrogens (primary N) is 1. The summed E-state index contributed by atoms with van der Waals surface area (Å²) in [5.74, 6) is -4.62. The van der Waals surface area contributed by atoms with Crippen molar-refractivity contribution in [3.63, 3.8) is 0 Å². The van der Waals surface area contributed by atoms with E-state index >= 15 is 0 Å². The van der Waals surface area contributed by atoms with Crippen LogP contribution in [0.5, 0.6) is 0 Å². The van der Waals surface area contributed by atoms with Crippen molar-refractivity contribution in [1.29, 1.82) is 0 Å². The maximum absolute atomic E-state index is 14.6. The van der Waals surface area contributed by atoms with Gasteiger partial charge in [0.05, 0.1) is 5.56 Å². The van der Waals surface area contributed by atoms with Gasteiger partial charge in [-0.1, -0.05) is 27.2 Å². The van der Waals surface area contributed by atoms with Crippen molar-refractivity contribution in [2.75, 3.05) is 0 Å². The molecule has 0 atom stereocenters. The largest absolute Gasteiger partial charge is 0.453 e. The lowest BCUT2D eigenvalue weighted by molar-refractivity contribution is -0.154. The topological polar surface area (TPSA) is 86.2 Å². The van der Waals surface area contributed by atoms with E-state index in [2.05, 4.69) is 25.6 Å². The average molecular weight is 497 g/mol. The molecule has 0 aliphatic heterocycles. The summed E-state index contributed by atoms with van der Waals surface area (Å²) in [6.07, 6.45) is -5.08. The Hall–Kier alpha value is -2.31. The highest BCUT2D eigenvalue weighted by molar-refractivity contribution is 9.10. The van der Waals surface area contributed by atoms with Crippen LogP contribution in [-0.4, -0.2) is 13.6 Å². The van der Waals surface area contributed by atoms with E-state index in [1.165, 1.54) is 18.2 Å². The summed E-state index contributed by atoms with van der Waals surface area (Å²) in [7, 11) is -4.63. The zero-order valence-electron chi connectivity index (χ0n) is 14.3. The molecule has 2 N–H and O–H groups in total. The van der Waals surface area contributed by atoms with E-state index < -0.39 is 55.3 Å². The molecule has 1 heterocycles. The van der Waals surface area contributed by atoms with Gasteiger partial charge in [-0.15, -0.1) is 0 Å². The van der Waals surface area contributed by atoms with Crippen LogP contribution in [0.3, 0.4) is 0 Å². The molecule has 29 heavy (non-hydrogen) atoms. The summed E-state index contributed by atoms with van der Waals surface area (Å²) in [6, 6.07) is 4.94. The zero-order chi connectivity index (χ0) is 21.7. The fourth-order valence-electron chi connectivity index (χ4n) is 2.66. The van der Waals surface area contributed by atoms with Crippen molar-refractivity contribution in [3.05, 3.63) is 57.8 Å². The standard InChI is InChI=1S/C17H10BrF5N2O3S/c1-7-4-8(2-3-10(7)18)15-14(16(28-25-15)17(21,22)23)9-5-12(20)13(6-11(9)19)29(24,26)27/h2-6H,1H3,(H2,24,26,27). The maximum Gasteiger partial charge on any atom is 0.453 e. The van der Waals surface area contributed by atoms with Crippen molar-refractivity contribution in [2.24, 2.45) is 5.14 Å². The first-order valence-electron chi connectivity index (χ1n) is 7.66. The Morgan fingerprint density at radius 1 is 1.10 bits per heavy atom. The van der Waals surface area contributed by atoms with E-state index in [9.17, 15) is 30.4 Å². The Kier molecular flexibility index (Phi) is 5.30. The Bertz CT molecular complexity index is 1220. The van der Waals surface area contributed by atoms with Gasteiger partial charge >= 0.3 is 6.18 Å². The van der Waals surface area contributed by atoms with Gasteiger partial charge in [0.1, 0.15) is 22.2 Å². The van der Waals surface area contributed by atoms with Gasteiger partial charge in [-0.05, 0) is 36.8 Å². The first-order valence-corrected chi connectivity index (χ1v) is 10.00. The van der Waals surface area contributed by atoms with Gasteiger partial charge in [0.2, 0.25) is 15.8 Å². The molecule has 0 saturated carbocycles. The molecule has 154 valence electrons. The first kappa shape index (κ1) is 21.4. The van der Waals surface area contributed by atoms with E-state index in [1.807, 2.05) is 0 Å². The highest BCUT2D eigenvalue weighted by Crippen LogP contribution is 2.44. The van der Waals surface area contributed by atoms with E-state index in [-0.39, 0.29) is 11.6 Å². The normalized spacial score (nSPS) is 12.4. The number of aryl methyl sites for hydroxylation is 1. The molecular formula is C17H10BrF5N2O3S. The molecule has 3 rings (SSSR count). The minimum Gasteiger partial charge on any atom is -0.350 e. The number of hydrogen-bond donors (Lipinski definition) is 1. The number of aromatic nitrogens is 1. The van der Waals surface area contributed by atoms with Crippen LogP contribution < -0.4 is 5.14 Å². The third-order valence-electron chi connectivity index (χ3n) is 3.98. The van der Waals surface area contributed by atoms with E-state index in [4.69, 9.17) is 5.14 Å². The molecule has 12 heteroatoms. The SMILES string of the molecule is Cc1cc(-c2noc(C(F)(F)F)c2-c2cc(F)c(S(N)(=O)=O)cc2F)ccc1Br. The van der Waals surface area contributed by atoms with Crippen LogP contribution in [0, 0.1) is 18.6 Å². The lowest BCUT2D eigenvalue weighted by Gasteiger charge is -2.10. The molecule has 0 radical (unpaired) electrons. The fourth-order valence-corrected chi connectivity index (χ4v) is 3.51. The summed E-state index contributed by atoms with van der Waals surface area (Å²) in [4.78, 5) is -1.19. The minimum atomic E-state index is -5.08. The van der Waals surface area contributed by atoms with E-state index in [1.54, 1.807) is 6.92 Å². The molecule has 5 nitrogen and oxygen atoms in total. The zero-order valence-corrected chi connectivity index (χ0v) is 16.7. The number of benzene rings is 2. The molecule has 0 spiro atoms. The summed E-state index contributed by atoms with van der Waals surface area (Å²) >= 11 is 3.25. The van der Waals surface area contributed by atoms with Gasteiger partial charge in [0.15, 0.2) is 0 Å². The Morgan fingerprint density at radius 2 is 1.76 bits per heavy atom. The highest BCUT2D eigenvalue weighted by Gasteiger charge is 2.42. The summed E-state index contributed by atoms with van der Waals surface area (Å²) in [5, 5.41) is 8.20. The van der Waals surface area contributed by atoms with Crippen LogP contribution in [-0.2, 0) is 16.2 Å². The van der Waals surface area contributed by atoms with Crippen LogP contribution >= 0.6 is 15.9 Å². The van der Waals surface area contributed by atoms with E-state index in [0.717, 1.165) is 0 Å². The van der Waals surface area contributed by atoms with Crippen LogP contribution in [0.2, 0.25) is 0 Å². The smallest absolute Gasteiger partial charge is 0.350 e. The average Bonchev–Trinajstić information content (AvgIpc) is 3.03. The fraction of sp³-hybridized carbons (Fsp3) is 0.118. The third kappa shape index (κ3) is 4.05. The van der Waals surface area contributed by atoms with Crippen molar-refractivity contribution in [1.82, 2.24) is 5.16 Å². The van der Waals surface area contributed by atoms with Gasteiger partial charge < -0.3 is 4.52 Å². The van der Waals surface area contributed by atoms with Crippen LogP contribution in [0.15, 0.2) is 44.2 Å². The van der Waals surface area contributed by atoms with Gasteiger partial charge in [0.25, 0.3) is 0 Å². The predicted octanol–water partition coefficient (Wildman–Crippen LogP) is 5.02. The van der Waals surface area contributed by atoms with Crippen LogP contribution in [0.1, 0.15) is 11.3 Å². The van der Waals surface area contributed by atoms with Crippen molar-refractivity contribution < 1.29 is 34.9 Å². The van der Waals surface area contributed by atoms with Gasteiger partial charge in [-0.2, -0.15) is 13.2 Å². The number of primary sulfonamides is 1. The second-order valence-electron chi connectivity index (χ2n) is 6.00. The Morgan fingerprint density at radius 3 is 2.31 bits per heavy atom. The Balaban J connectivity index is 2.35. The molecule has 0 unspecified atom stereocenters. The third-order valence-corrected chi connectivity index (χ3v) is 5.79. The second kappa shape index (κ2) is 7.18. The van der Waals surface area contributed by atoms with Gasteiger partial charge in [-0.25, -0.2) is 22.3 Å². The lowest BCUT2D eigenvalue weighted by Crippen LogP contribution is -2.15. The molecule has 1 aromatic heterocycles. The highest BCUT2D eigenvalue weighted by atomic mass is 79.9. The number of halogens is 6. The van der Waals surface area contributed by atoms with Gasteiger partial charge in [-0.3, -0.25) is 0 Å². The molecule has 0 saturated heterocycles. The first-order chi connectivity index (χ1) is 13.3.